The SMILES string of the molecule is Cc1nn(Cc2cccc(Cl)c2)c(C)c1NC(=O)c1cccc(COc2cccc(Br)c2)c1. The molecule has 1 N–H and O–H groups in total. The number of aromatic nitrogens is 2. The molecule has 0 unspecified atom stereocenters. The van der Waals surface area contributed by atoms with Crippen LogP contribution in [0.5, 0.6) is 5.75 Å². The summed E-state index contributed by atoms with van der Waals surface area (Å²) < 4.78 is 8.68. The molecule has 0 aliphatic heterocycles. The predicted molar refractivity (Wildman–Crippen MR) is 135 cm³/mol. The minimum atomic E-state index is -0.187. The number of hydrogen-bond donors (Lipinski definition) is 1. The average Bonchev–Trinajstić information content (AvgIpc) is 3.05. The molecule has 0 radical (unpaired) electrons. The van der Waals surface area contributed by atoms with E-state index in [-0.39, 0.29) is 5.91 Å². The van der Waals surface area contributed by atoms with E-state index in [4.69, 9.17) is 16.3 Å². The van der Waals surface area contributed by atoms with E-state index < -0.39 is 0 Å². The van der Waals surface area contributed by atoms with Crippen molar-refractivity contribution in [3.8, 4) is 5.75 Å². The zero-order valence-electron chi connectivity index (χ0n) is 18.3. The van der Waals surface area contributed by atoms with Crippen molar-refractivity contribution in [2.45, 2.75) is 27.0 Å². The Kier molecular flexibility index (Phi) is 7.16. The molecular formula is C26H23BrClN3O2. The van der Waals surface area contributed by atoms with Crippen LogP contribution in [0.15, 0.2) is 77.3 Å². The molecule has 4 aromatic rings. The molecule has 0 aliphatic rings. The van der Waals surface area contributed by atoms with Crippen LogP contribution in [-0.2, 0) is 13.2 Å². The Morgan fingerprint density at radius 2 is 1.79 bits per heavy atom. The third-order valence-electron chi connectivity index (χ3n) is 5.23. The molecular weight excluding hydrogens is 502 g/mol. The first-order valence-electron chi connectivity index (χ1n) is 10.5. The summed E-state index contributed by atoms with van der Waals surface area (Å²) in [4.78, 5) is 13.0. The first-order chi connectivity index (χ1) is 15.9. The quantitative estimate of drug-likeness (QED) is 0.289. The van der Waals surface area contributed by atoms with Crippen molar-refractivity contribution in [3.63, 3.8) is 0 Å². The molecule has 1 amide bonds. The molecule has 0 fully saturated rings. The van der Waals surface area contributed by atoms with Gasteiger partial charge in [-0.25, -0.2) is 0 Å². The normalized spacial score (nSPS) is 10.8. The van der Waals surface area contributed by atoms with E-state index in [9.17, 15) is 4.79 Å². The Balaban J connectivity index is 1.46. The molecule has 1 aromatic heterocycles. The monoisotopic (exact) mass is 523 g/mol. The number of benzene rings is 3. The molecule has 7 heteroatoms. The van der Waals surface area contributed by atoms with Crippen molar-refractivity contribution in [1.29, 1.82) is 0 Å². The van der Waals surface area contributed by atoms with Crippen LogP contribution in [-0.4, -0.2) is 15.7 Å². The van der Waals surface area contributed by atoms with Crippen molar-refractivity contribution >= 4 is 39.1 Å². The summed E-state index contributed by atoms with van der Waals surface area (Å²) in [5, 5.41) is 8.32. The van der Waals surface area contributed by atoms with Crippen molar-refractivity contribution in [3.05, 3.63) is 110 Å². The van der Waals surface area contributed by atoms with Crippen molar-refractivity contribution in [1.82, 2.24) is 9.78 Å². The van der Waals surface area contributed by atoms with Crippen LogP contribution in [0, 0.1) is 13.8 Å². The summed E-state index contributed by atoms with van der Waals surface area (Å²) in [6.07, 6.45) is 0. The van der Waals surface area contributed by atoms with Gasteiger partial charge in [0.2, 0.25) is 0 Å². The highest BCUT2D eigenvalue weighted by Gasteiger charge is 2.16. The molecule has 33 heavy (non-hydrogen) atoms. The summed E-state index contributed by atoms with van der Waals surface area (Å²) in [6, 6.07) is 22.8. The first-order valence-corrected chi connectivity index (χ1v) is 11.6. The van der Waals surface area contributed by atoms with Crippen LogP contribution < -0.4 is 10.1 Å². The minimum Gasteiger partial charge on any atom is -0.489 e. The molecule has 5 nitrogen and oxygen atoms in total. The fraction of sp³-hybridized carbons (Fsp3) is 0.154. The van der Waals surface area contributed by atoms with Crippen molar-refractivity contribution in [2.75, 3.05) is 5.32 Å². The highest BCUT2D eigenvalue weighted by molar-refractivity contribution is 9.10. The van der Waals surface area contributed by atoms with Crippen LogP contribution in [0.2, 0.25) is 5.02 Å². The van der Waals surface area contributed by atoms with Gasteiger partial charge in [-0.15, -0.1) is 0 Å². The Morgan fingerprint density at radius 1 is 1.03 bits per heavy atom. The van der Waals surface area contributed by atoms with E-state index in [1.807, 2.05) is 85.3 Å². The second-order valence-electron chi connectivity index (χ2n) is 7.73. The summed E-state index contributed by atoms with van der Waals surface area (Å²) in [6.45, 7) is 4.78. The van der Waals surface area contributed by atoms with Crippen LogP contribution >= 0.6 is 27.5 Å². The van der Waals surface area contributed by atoms with Gasteiger partial charge in [0, 0.05) is 15.1 Å². The largest absolute Gasteiger partial charge is 0.489 e. The van der Waals surface area contributed by atoms with E-state index in [1.165, 1.54) is 0 Å². The lowest BCUT2D eigenvalue weighted by Gasteiger charge is -2.10. The van der Waals surface area contributed by atoms with Crippen LogP contribution in [0.25, 0.3) is 0 Å². The number of amides is 1. The minimum absolute atomic E-state index is 0.187. The van der Waals surface area contributed by atoms with Gasteiger partial charge < -0.3 is 10.1 Å². The number of aryl methyl sites for hydroxylation is 1. The van der Waals surface area contributed by atoms with Gasteiger partial charge in [-0.3, -0.25) is 9.48 Å². The van der Waals surface area contributed by atoms with Gasteiger partial charge in [-0.1, -0.05) is 57.9 Å². The number of nitrogens with one attached hydrogen (secondary N) is 1. The van der Waals surface area contributed by atoms with E-state index in [0.29, 0.717) is 23.7 Å². The number of ether oxygens (including phenoxy) is 1. The van der Waals surface area contributed by atoms with Gasteiger partial charge in [-0.05, 0) is 67.4 Å². The maximum atomic E-state index is 13.0. The average molecular weight is 525 g/mol. The Bertz CT molecular complexity index is 1300. The van der Waals surface area contributed by atoms with E-state index in [1.54, 1.807) is 6.07 Å². The lowest BCUT2D eigenvalue weighted by Crippen LogP contribution is -2.14. The van der Waals surface area contributed by atoms with E-state index in [2.05, 4.69) is 26.3 Å². The fourth-order valence-electron chi connectivity index (χ4n) is 3.55. The summed E-state index contributed by atoms with van der Waals surface area (Å²) in [7, 11) is 0. The number of carbonyl (C=O) groups excluding carboxylic acids is 1. The summed E-state index contributed by atoms with van der Waals surface area (Å²) in [5.41, 5.74) is 4.88. The van der Waals surface area contributed by atoms with Crippen LogP contribution in [0.1, 0.15) is 32.9 Å². The van der Waals surface area contributed by atoms with Gasteiger partial charge in [0.05, 0.1) is 23.6 Å². The standard InChI is InChI=1S/C26H23BrClN3O2/c1-17-25(18(2)31(30-17)15-19-6-4-10-23(28)13-19)29-26(32)21-8-3-7-20(12-21)16-33-24-11-5-9-22(27)14-24/h3-14H,15-16H2,1-2H3,(H,29,32). The molecule has 0 atom stereocenters. The third kappa shape index (κ3) is 5.83. The third-order valence-corrected chi connectivity index (χ3v) is 5.96. The highest BCUT2D eigenvalue weighted by Crippen LogP contribution is 2.23. The van der Waals surface area contributed by atoms with E-state index in [0.717, 1.165) is 38.4 Å². The summed E-state index contributed by atoms with van der Waals surface area (Å²) in [5.74, 6) is 0.574. The zero-order chi connectivity index (χ0) is 23.4. The summed E-state index contributed by atoms with van der Waals surface area (Å²) >= 11 is 9.54. The number of anilines is 1. The topological polar surface area (TPSA) is 56.2 Å². The second kappa shape index (κ2) is 10.2. The zero-order valence-corrected chi connectivity index (χ0v) is 20.7. The van der Waals surface area contributed by atoms with Gasteiger partial charge >= 0.3 is 0 Å². The van der Waals surface area contributed by atoms with Gasteiger partial charge in [-0.2, -0.15) is 5.10 Å². The predicted octanol–water partition coefficient (Wildman–Crippen LogP) is 6.80. The first kappa shape index (κ1) is 23.1. The second-order valence-corrected chi connectivity index (χ2v) is 9.09. The molecule has 1 heterocycles. The van der Waals surface area contributed by atoms with Crippen molar-refractivity contribution in [2.24, 2.45) is 0 Å². The number of nitrogens with zero attached hydrogens (tertiary/aromatic N) is 2. The molecule has 0 saturated carbocycles. The van der Waals surface area contributed by atoms with Crippen molar-refractivity contribution < 1.29 is 9.53 Å². The molecule has 168 valence electrons. The highest BCUT2D eigenvalue weighted by atomic mass is 79.9. The van der Waals surface area contributed by atoms with E-state index >= 15 is 0 Å². The Labute approximate surface area is 206 Å². The number of rotatable bonds is 7. The fourth-order valence-corrected chi connectivity index (χ4v) is 4.14. The molecule has 0 spiro atoms. The lowest BCUT2D eigenvalue weighted by atomic mass is 10.1. The Morgan fingerprint density at radius 3 is 2.58 bits per heavy atom. The lowest BCUT2D eigenvalue weighted by molar-refractivity contribution is 0.102. The molecule has 0 bridgehead atoms. The number of carbonyl (C=O) groups is 1. The molecule has 0 saturated heterocycles. The van der Waals surface area contributed by atoms with Crippen LogP contribution in [0.3, 0.4) is 0 Å². The Hall–Kier alpha value is -3.09. The smallest absolute Gasteiger partial charge is 0.255 e. The van der Waals surface area contributed by atoms with Gasteiger partial charge in [0.25, 0.3) is 5.91 Å². The molecule has 0 aliphatic carbocycles. The van der Waals surface area contributed by atoms with Gasteiger partial charge in [0.15, 0.2) is 0 Å². The number of halogens is 2. The maximum Gasteiger partial charge on any atom is 0.255 e. The van der Waals surface area contributed by atoms with Gasteiger partial charge in [0.1, 0.15) is 12.4 Å². The number of hydrogen-bond acceptors (Lipinski definition) is 3. The maximum absolute atomic E-state index is 13.0. The molecule has 4 rings (SSSR count). The van der Waals surface area contributed by atoms with Crippen LogP contribution in [0.4, 0.5) is 5.69 Å². The molecule has 3 aromatic carbocycles.